The Balaban J connectivity index is 0.00000176. The predicted octanol–water partition coefficient (Wildman–Crippen LogP) is 4.89. The van der Waals surface area contributed by atoms with Crippen LogP contribution in [-0.4, -0.2) is 13.1 Å². The monoisotopic (exact) mass is 361 g/mol. The maximum atomic E-state index is 13.3. The van der Waals surface area contributed by atoms with Gasteiger partial charge in [0.05, 0.1) is 5.02 Å². The lowest BCUT2D eigenvalue weighted by Gasteiger charge is -2.35. The summed E-state index contributed by atoms with van der Waals surface area (Å²) in [6, 6.07) is 12.0. The summed E-state index contributed by atoms with van der Waals surface area (Å²) in [5.41, 5.74) is 0.868. The number of nitrogens with one attached hydrogen (secondary N) is 1. The smallest absolute Gasteiger partial charge is 0.141 e. The number of hydrogen-bond acceptors (Lipinski definition) is 2. The molecule has 0 radical (unpaired) electrons. The number of halogens is 4. The molecular weight excluding hydrogens is 348 g/mol. The zero-order valence-electron chi connectivity index (χ0n) is 11.6. The molecule has 1 fully saturated rings. The SMILES string of the molecule is Cl.Fc1ccc(C(Oc2cccc(Cl)c2)C2CNC2)cc1Cl. The molecule has 1 heterocycles. The van der Waals surface area contributed by atoms with Crippen molar-refractivity contribution in [1.29, 1.82) is 0 Å². The van der Waals surface area contributed by atoms with E-state index in [4.69, 9.17) is 27.9 Å². The van der Waals surface area contributed by atoms with Crippen LogP contribution in [0.5, 0.6) is 5.75 Å². The van der Waals surface area contributed by atoms with Crippen molar-refractivity contribution in [3.63, 3.8) is 0 Å². The fourth-order valence-electron chi connectivity index (χ4n) is 2.34. The minimum absolute atomic E-state index is 0. The number of rotatable bonds is 4. The van der Waals surface area contributed by atoms with Crippen molar-refractivity contribution in [2.45, 2.75) is 6.10 Å². The van der Waals surface area contributed by atoms with Crippen LogP contribution in [0.1, 0.15) is 11.7 Å². The molecule has 2 aromatic rings. The van der Waals surface area contributed by atoms with E-state index in [9.17, 15) is 4.39 Å². The van der Waals surface area contributed by atoms with Crippen molar-refractivity contribution in [1.82, 2.24) is 5.32 Å². The first kappa shape index (κ1) is 17.4. The maximum Gasteiger partial charge on any atom is 0.141 e. The maximum absolute atomic E-state index is 13.3. The highest BCUT2D eigenvalue weighted by atomic mass is 35.5. The molecule has 0 aromatic heterocycles. The summed E-state index contributed by atoms with van der Waals surface area (Å²) in [4.78, 5) is 0. The van der Waals surface area contributed by atoms with Gasteiger partial charge >= 0.3 is 0 Å². The second-order valence-electron chi connectivity index (χ2n) is 5.09. The molecule has 0 amide bonds. The molecule has 2 nitrogen and oxygen atoms in total. The minimum atomic E-state index is -0.423. The summed E-state index contributed by atoms with van der Waals surface area (Å²) >= 11 is 11.9. The van der Waals surface area contributed by atoms with Gasteiger partial charge < -0.3 is 10.1 Å². The highest BCUT2D eigenvalue weighted by Crippen LogP contribution is 2.33. The molecule has 2 aromatic carbocycles. The molecule has 22 heavy (non-hydrogen) atoms. The topological polar surface area (TPSA) is 21.3 Å². The number of hydrogen-bond donors (Lipinski definition) is 1. The number of benzene rings is 2. The molecule has 1 unspecified atom stereocenters. The van der Waals surface area contributed by atoms with E-state index in [0.717, 1.165) is 18.7 Å². The Labute approximate surface area is 145 Å². The standard InChI is InChI=1S/C16H14Cl2FNO.ClH/c17-12-2-1-3-13(7-12)21-16(11-8-20-9-11)10-4-5-15(19)14(18)6-10;/h1-7,11,16,20H,8-9H2;1H. The van der Waals surface area contributed by atoms with Crippen LogP contribution in [0.3, 0.4) is 0 Å². The van der Waals surface area contributed by atoms with Gasteiger partial charge in [-0.05, 0) is 35.9 Å². The van der Waals surface area contributed by atoms with Crippen LogP contribution in [0.4, 0.5) is 4.39 Å². The van der Waals surface area contributed by atoms with Gasteiger partial charge in [-0.25, -0.2) is 4.39 Å². The van der Waals surface area contributed by atoms with Crippen LogP contribution in [-0.2, 0) is 0 Å². The van der Waals surface area contributed by atoms with Crippen molar-refractivity contribution in [2.75, 3.05) is 13.1 Å². The molecule has 0 bridgehead atoms. The first-order chi connectivity index (χ1) is 10.1. The zero-order valence-corrected chi connectivity index (χ0v) is 13.9. The van der Waals surface area contributed by atoms with Crippen molar-refractivity contribution in [3.05, 3.63) is 63.9 Å². The Morgan fingerprint density at radius 2 is 1.91 bits per heavy atom. The highest BCUT2D eigenvalue weighted by molar-refractivity contribution is 6.31. The minimum Gasteiger partial charge on any atom is -0.485 e. The van der Waals surface area contributed by atoms with Gasteiger partial charge in [0.2, 0.25) is 0 Å². The van der Waals surface area contributed by atoms with Crippen LogP contribution in [0.25, 0.3) is 0 Å². The van der Waals surface area contributed by atoms with Gasteiger partial charge in [0.15, 0.2) is 0 Å². The van der Waals surface area contributed by atoms with Crippen LogP contribution in [0.2, 0.25) is 10.0 Å². The summed E-state index contributed by atoms with van der Waals surface area (Å²) < 4.78 is 19.4. The van der Waals surface area contributed by atoms with Gasteiger partial charge in [0, 0.05) is 24.0 Å². The lowest BCUT2D eigenvalue weighted by Crippen LogP contribution is -2.46. The fourth-order valence-corrected chi connectivity index (χ4v) is 2.71. The van der Waals surface area contributed by atoms with E-state index in [2.05, 4.69) is 5.32 Å². The second kappa shape index (κ2) is 7.51. The first-order valence-electron chi connectivity index (χ1n) is 6.71. The summed E-state index contributed by atoms with van der Waals surface area (Å²) in [5, 5.41) is 3.95. The molecule has 0 saturated carbocycles. The summed E-state index contributed by atoms with van der Waals surface area (Å²) in [6.45, 7) is 1.72. The molecule has 1 N–H and O–H groups in total. The Morgan fingerprint density at radius 1 is 1.14 bits per heavy atom. The van der Waals surface area contributed by atoms with E-state index >= 15 is 0 Å². The Bertz CT molecular complexity index is 649. The second-order valence-corrected chi connectivity index (χ2v) is 5.93. The summed E-state index contributed by atoms with van der Waals surface area (Å²) in [5.74, 6) is 0.596. The molecule has 1 atom stereocenters. The molecular formula is C16H15Cl3FNO. The average Bonchev–Trinajstić information content (AvgIpc) is 2.39. The third-order valence-electron chi connectivity index (χ3n) is 3.57. The van der Waals surface area contributed by atoms with E-state index < -0.39 is 5.82 Å². The predicted molar refractivity (Wildman–Crippen MR) is 89.8 cm³/mol. The Morgan fingerprint density at radius 3 is 2.50 bits per heavy atom. The van der Waals surface area contributed by atoms with Crippen LogP contribution in [0, 0.1) is 11.7 Å². The van der Waals surface area contributed by atoms with Gasteiger partial charge in [-0.1, -0.05) is 35.3 Å². The molecule has 3 rings (SSSR count). The Kier molecular flexibility index (Phi) is 5.93. The molecule has 0 aliphatic carbocycles. The quantitative estimate of drug-likeness (QED) is 0.836. The van der Waals surface area contributed by atoms with Crippen LogP contribution in [0.15, 0.2) is 42.5 Å². The third-order valence-corrected chi connectivity index (χ3v) is 4.10. The van der Waals surface area contributed by atoms with Crippen molar-refractivity contribution >= 4 is 35.6 Å². The highest BCUT2D eigenvalue weighted by Gasteiger charge is 2.30. The van der Waals surface area contributed by atoms with Crippen molar-refractivity contribution in [2.24, 2.45) is 5.92 Å². The van der Waals surface area contributed by atoms with Gasteiger partial charge in [0.1, 0.15) is 17.7 Å². The van der Waals surface area contributed by atoms with E-state index in [-0.39, 0.29) is 23.5 Å². The fraction of sp³-hybridized carbons (Fsp3) is 0.250. The molecule has 1 aliphatic rings. The normalized spacial score (nSPS) is 15.6. The zero-order chi connectivity index (χ0) is 14.8. The van der Waals surface area contributed by atoms with Crippen LogP contribution < -0.4 is 10.1 Å². The van der Waals surface area contributed by atoms with E-state index in [1.807, 2.05) is 12.1 Å². The molecule has 6 heteroatoms. The first-order valence-corrected chi connectivity index (χ1v) is 7.47. The van der Waals surface area contributed by atoms with Gasteiger partial charge in [-0.3, -0.25) is 0 Å². The number of ether oxygens (including phenoxy) is 1. The van der Waals surface area contributed by atoms with Gasteiger partial charge in [-0.2, -0.15) is 0 Å². The molecule has 0 spiro atoms. The van der Waals surface area contributed by atoms with E-state index in [1.165, 1.54) is 6.07 Å². The van der Waals surface area contributed by atoms with Crippen LogP contribution >= 0.6 is 35.6 Å². The third kappa shape index (κ3) is 3.85. The van der Waals surface area contributed by atoms with E-state index in [0.29, 0.717) is 16.7 Å². The van der Waals surface area contributed by atoms with Crippen molar-refractivity contribution < 1.29 is 9.13 Å². The van der Waals surface area contributed by atoms with Crippen molar-refractivity contribution in [3.8, 4) is 5.75 Å². The molecule has 1 saturated heterocycles. The summed E-state index contributed by atoms with van der Waals surface area (Å²) in [6.07, 6.45) is -0.178. The molecule has 1 aliphatic heterocycles. The van der Waals surface area contributed by atoms with Gasteiger partial charge in [0.25, 0.3) is 0 Å². The Hall–Kier alpha value is -1.000. The van der Waals surface area contributed by atoms with Gasteiger partial charge in [-0.15, -0.1) is 12.4 Å². The average molecular weight is 363 g/mol. The molecule has 118 valence electrons. The summed E-state index contributed by atoms with van der Waals surface area (Å²) in [7, 11) is 0. The van der Waals surface area contributed by atoms with E-state index in [1.54, 1.807) is 24.3 Å². The largest absolute Gasteiger partial charge is 0.485 e. The lowest BCUT2D eigenvalue weighted by atomic mass is 9.91. The lowest BCUT2D eigenvalue weighted by molar-refractivity contribution is 0.0993.